The van der Waals surface area contributed by atoms with Crippen molar-refractivity contribution in [2.24, 2.45) is 10.9 Å². The largest absolute Gasteiger partial charge is 0.480 e. The third-order valence-corrected chi connectivity index (χ3v) is 6.42. The Morgan fingerprint density at radius 2 is 2.10 bits per heavy atom. The van der Waals surface area contributed by atoms with E-state index in [1.807, 2.05) is 13.8 Å². The highest BCUT2D eigenvalue weighted by Crippen LogP contribution is 2.33. The average molecular weight is 470 g/mol. The molecule has 2 atom stereocenters. The van der Waals surface area contributed by atoms with Crippen molar-refractivity contribution >= 4 is 27.5 Å². The highest BCUT2D eigenvalue weighted by molar-refractivity contribution is 7.94. The molecule has 1 aromatic heterocycles. The molecule has 8 nitrogen and oxygen atoms in total. The number of aliphatic imine (C=N–C) groups is 1. The van der Waals surface area contributed by atoms with Gasteiger partial charge in [0, 0.05) is 7.05 Å². The van der Waals surface area contributed by atoms with E-state index in [4.69, 9.17) is 21.1 Å². The summed E-state index contributed by atoms with van der Waals surface area (Å²) < 4.78 is 38.8. The molecular weight excluding hydrogens is 442 g/mol. The van der Waals surface area contributed by atoms with Gasteiger partial charge in [-0.2, -0.15) is 4.72 Å². The van der Waals surface area contributed by atoms with Crippen molar-refractivity contribution in [3.05, 3.63) is 56.8 Å². The van der Waals surface area contributed by atoms with Crippen LogP contribution >= 0.6 is 11.6 Å². The molecule has 2 rings (SSSR count). The predicted octanol–water partition coefficient (Wildman–Crippen LogP) is 3.86. The maximum absolute atomic E-state index is 12.8. The number of rotatable bonds is 7. The van der Waals surface area contributed by atoms with Gasteiger partial charge in [0.05, 0.1) is 12.7 Å². The molecular formula is C21H28ClN3O5S. The Morgan fingerprint density at radius 1 is 1.42 bits per heavy atom. The van der Waals surface area contributed by atoms with Crippen LogP contribution in [0.1, 0.15) is 45.9 Å². The van der Waals surface area contributed by atoms with Gasteiger partial charge in [-0.25, -0.2) is 13.4 Å². The summed E-state index contributed by atoms with van der Waals surface area (Å²) in [6.07, 6.45) is 2.57. The van der Waals surface area contributed by atoms with Gasteiger partial charge in [0.2, 0.25) is 21.8 Å². The van der Waals surface area contributed by atoms with E-state index in [0.717, 1.165) is 17.6 Å². The summed E-state index contributed by atoms with van der Waals surface area (Å²) in [5.74, 6) is 0.924. The number of aromatic nitrogens is 1. The number of ether oxygens (including phenoxy) is 2. The fourth-order valence-corrected chi connectivity index (χ4v) is 4.83. The molecule has 0 aliphatic heterocycles. The molecule has 1 aromatic rings. The Labute approximate surface area is 188 Å². The van der Waals surface area contributed by atoms with Crippen molar-refractivity contribution in [3.63, 3.8) is 0 Å². The van der Waals surface area contributed by atoms with Crippen LogP contribution in [-0.4, -0.2) is 38.6 Å². The van der Waals surface area contributed by atoms with Crippen LogP contribution in [0.4, 0.5) is 0 Å². The van der Waals surface area contributed by atoms with Gasteiger partial charge in [0.25, 0.3) is 0 Å². The van der Waals surface area contributed by atoms with E-state index in [1.165, 1.54) is 39.3 Å². The number of halogens is 1. The number of hydrogen-bond acceptors (Lipinski definition) is 7. The number of pyridine rings is 1. The molecule has 0 aromatic carbocycles. The van der Waals surface area contributed by atoms with Gasteiger partial charge in [-0.15, -0.1) is 0 Å². The van der Waals surface area contributed by atoms with E-state index in [9.17, 15) is 13.5 Å². The number of aliphatic hydroxyl groups is 1. The van der Waals surface area contributed by atoms with E-state index in [2.05, 4.69) is 27.7 Å². The van der Waals surface area contributed by atoms with Gasteiger partial charge >= 0.3 is 0 Å². The number of sulfonamides is 1. The first kappa shape index (κ1) is 25.1. The summed E-state index contributed by atoms with van der Waals surface area (Å²) in [6.45, 7) is 7.52. The summed E-state index contributed by atoms with van der Waals surface area (Å²) in [7, 11) is -1.45. The molecule has 1 aliphatic carbocycles. The minimum absolute atomic E-state index is 0.0116. The molecule has 10 heteroatoms. The lowest BCUT2D eigenvalue weighted by atomic mass is 9.91. The maximum atomic E-state index is 12.8. The van der Waals surface area contributed by atoms with E-state index < -0.39 is 16.3 Å². The standard InChI is InChI=1S/C21H28ClN3O5S/c1-7-16(21(23-5)29-6)31(27,28)25-19(26)15-8-9-17(22)24-20(15)30-18-13(3)10-12(2)11-14(18)4/h7-10,12,19,25-26H,11H2,1-6H3/b16-7+,23-21+. The number of allylic oxidation sites excluding steroid dienone is 4. The molecule has 2 N–H and O–H groups in total. The van der Waals surface area contributed by atoms with Crippen LogP contribution in [0.3, 0.4) is 0 Å². The SMILES string of the molecule is C/C=C(\C(=N/C)OC)S(=O)(=O)NC(O)c1ccc(Cl)nc1OC1=C(C)CC(C)C=C1C. The van der Waals surface area contributed by atoms with E-state index >= 15 is 0 Å². The highest BCUT2D eigenvalue weighted by Gasteiger charge is 2.28. The van der Waals surface area contributed by atoms with Crippen molar-refractivity contribution in [2.45, 2.75) is 40.3 Å². The van der Waals surface area contributed by atoms with Crippen LogP contribution in [0.5, 0.6) is 5.88 Å². The zero-order chi connectivity index (χ0) is 23.3. The van der Waals surface area contributed by atoms with E-state index in [0.29, 0.717) is 11.7 Å². The second-order valence-electron chi connectivity index (χ2n) is 7.18. The van der Waals surface area contributed by atoms with Crippen LogP contribution in [0.25, 0.3) is 0 Å². The van der Waals surface area contributed by atoms with Gasteiger partial charge < -0.3 is 14.6 Å². The van der Waals surface area contributed by atoms with Gasteiger partial charge in [0.1, 0.15) is 22.0 Å². The molecule has 170 valence electrons. The minimum atomic E-state index is -4.17. The normalized spacial score (nSPS) is 19.2. The van der Waals surface area contributed by atoms with Crippen molar-refractivity contribution in [1.82, 2.24) is 9.71 Å². The first-order valence-corrected chi connectivity index (χ1v) is 11.5. The van der Waals surface area contributed by atoms with Crippen molar-refractivity contribution < 1.29 is 23.0 Å². The lowest BCUT2D eigenvalue weighted by Gasteiger charge is -2.23. The van der Waals surface area contributed by atoms with Gasteiger partial charge in [0.15, 0.2) is 0 Å². The molecule has 0 bridgehead atoms. The molecule has 2 unspecified atom stereocenters. The van der Waals surface area contributed by atoms with Crippen molar-refractivity contribution in [1.29, 1.82) is 0 Å². The zero-order valence-electron chi connectivity index (χ0n) is 18.4. The Morgan fingerprint density at radius 3 is 2.65 bits per heavy atom. The summed E-state index contributed by atoms with van der Waals surface area (Å²) in [5.41, 5.74) is 2.07. The fourth-order valence-electron chi connectivity index (χ4n) is 3.43. The Kier molecular flexibility index (Phi) is 8.41. The van der Waals surface area contributed by atoms with Crippen LogP contribution in [-0.2, 0) is 14.8 Å². The van der Waals surface area contributed by atoms with Crippen LogP contribution in [0.2, 0.25) is 5.15 Å². The number of methoxy groups -OCH3 is 1. The number of aliphatic hydroxyl groups excluding tert-OH is 1. The lowest BCUT2D eigenvalue weighted by Crippen LogP contribution is -2.32. The first-order chi connectivity index (χ1) is 14.5. The predicted molar refractivity (Wildman–Crippen MR) is 121 cm³/mol. The van der Waals surface area contributed by atoms with Crippen LogP contribution < -0.4 is 9.46 Å². The molecule has 0 spiro atoms. The molecule has 1 heterocycles. The Bertz CT molecular complexity index is 1060. The molecule has 0 radical (unpaired) electrons. The van der Waals surface area contributed by atoms with Gasteiger partial charge in [-0.05, 0) is 56.4 Å². The number of nitrogens with one attached hydrogen (secondary N) is 1. The Balaban J connectivity index is 2.40. The van der Waals surface area contributed by atoms with Gasteiger partial charge in [-0.1, -0.05) is 30.7 Å². The molecule has 0 fully saturated rings. The Hall–Kier alpha value is -2.20. The molecule has 0 saturated heterocycles. The summed E-state index contributed by atoms with van der Waals surface area (Å²) in [5, 5.41) is 10.9. The quantitative estimate of drug-likeness (QED) is 0.271. The maximum Gasteiger partial charge on any atom is 0.248 e. The summed E-state index contributed by atoms with van der Waals surface area (Å²) >= 11 is 6.04. The third-order valence-electron chi connectivity index (χ3n) is 4.68. The topological polar surface area (TPSA) is 110 Å². The summed E-state index contributed by atoms with van der Waals surface area (Å²) in [6, 6.07) is 2.90. The van der Waals surface area contributed by atoms with Gasteiger partial charge in [-0.3, -0.25) is 4.99 Å². The smallest absolute Gasteiger partial charge is 0.248 e. The van der Waals surface area contributed by atoms with Crippen LogP contribution in [0.15, 0.2) is 51.1 Å². The first-order valence-electron chi connectivity index (χ1n) is 9.64. The van der Waals surface area contributed by atoms with Crippen molar-refractivity contribution in [3.8, 4) is 5.88 Å². The molecule has 31 heavy (non-hydrogen) atoms. The second-order valence-corrected chi connectivity index (χ2v) is 9.25. The minimum Gasteiger partial charge on any atom is -0.480 e. The lowest BCUT2D eigenvalue weighted by molar-refractivity contribution is 0.162. The monoisotopic (exact) mass is 469 g/mol. The fraction of sp³-hybridized carbons (Fsp3) is 0.429. The molecule has 1 aliphatic rings. The third kappa shape index (κ3) is 5.94. The van der Waals surface area contributed by atoms with Crippen molar-refractivity contribution in [2.75, 3.05) is 14.2 Å². The summed E-state index contributed by atoms with van der Waals surface area (Å²) in [4.78, 5) is 7.77. The zero-order valence-corrected chi connectivity index (χ0v) is 20.0. The molecule has 0 amide bonds. The van der Waals surface area contributed by atoms with E-state index in [-0.39, 0.29) is 27.4 Å². The second kappa shape index (κ2) is 10.4. The number of hydrogen-bond donors (Lipinski definition) is 2. The average Bonchev–Trinajstić information content (AvgIpc) is 2.68. The molecule has 0 saturated carbocycles. The highest BCUT2D eigenvalue weighted by atomic mass is 35.5. The van der Waals surface area contributed by atoms with Crippen LogP contribution in [0, 0.1) is 5.92 Å². The van der Waals surface area contributed by atoms with E-state index in [1.54, 1.807) is 0 Å². The number of nitrogens with zero attached hydrogens (tertiary/aromatic N) is 2.